The zero-order valence-electron chi connectivity index (χ0n) is 11.1. The molecule has 2 aromatic heterocycles. The van der Waals surface area contributed by atoms with Gasteiger partial charge in [0.15, 0.2) is 5.82 Å². The third-order valence-corrected chi connectivity index (χ3v) is 4.20. The van der Waals surface area contributed by atoms with Gasteiger partial charge in [-0.2, -0.15) is 4.98 Å². The van der Waals surface area contributed by atoms with E-state index in [9.17, 15) is 0 Å². The average Bonchev–Trinajstić information content (AvgIpc) is 3.01. The molecule has 0 amide bonds. The predicted molar refractivity (Wildman–Crippen MR) is 73.3 cm³/mol. The molecule has 0 radical (unpaired) electrons. The molecule has 0 spiro atoms. The number of aromatic nitrogens is 3. The van der Waals surface area contributed by atoms with Crippen LogP contribution < -0.4 is 5.32 Å². The van der Waals surface area contributed by atoms with E-state index in [2.05, 4.69) is 25.8 Å². The highest BCUT2D eigenvalue weighted by Gasteiger charge is 2.17. The summed E-state index contributed by atoms with van der Waals surface area (Å²) in [4.78, 5) is 8.89. The third kappa shape index (κ3) is 3.39. The van der Waals surface area contributed by atoms with Gasteiger partial charge in [-0.25, -0.2) is 4.98 Å². The minimum absolute atomic E-state index is 0.628. The monoisotopic (exact) mass is 278 g/mol. The second-order valence-corrected chi connectivity index (χ2v) is 6.12. The standard InChI is InChI=1S/C13H18N4OS/c1-9-15-11(8-19-9)6-12-16-13(18-17-12)5-10-3-2-4-14-7-10/h8,10,14H,2-7H2,1H3. The summed E-state index contributed by atoms with van der Waals surface area (Å²) in [7, 11) is 0. The van der Waals surface area contributed by atoms with Crippen LogP contribution in [0.4, 0.5) is 0 Å². The Hall–Kier alpha value is -1.27. The third-order valence-electron chi connectivity index (χ3n) is 3.38. The normalized spacial score (nSPS) is 19.7. The van der Waals surface area contributed by atoms with Crippen LogP contribution in [0.1, 0.15) is 35.3 Å². The van der Waals surface area contributed by atoms with Crippen molar-refractivity contribution in [3.63, 3.8) is 0 Å². The van der Waals surface area contributed by atoms with Crippen LogP contribution in [0.15, 0.2) is 9.90 Å². The summed E-state index contributed by atoms with van der Waals surface area (Å²) in [6.45, 7) is 4.20. The van der Waals surface area contributed by atoms with E-state index >= 15 is 0 Å². The van der Waals surface area contributed by atoms with Gasteiger partial charge in [-0.1, -0.05) is 5.16 Å². The van der Waals surface area contributed by atoms with Crippen LogP contribution in [0.3, 0.4) is 0 Å². The van der Waals surface area contributed by atoms with Crippen LogP contribution in [0.2, 0.25) is 0 Å². The molecule has 5 nitrogen and oxygen atoms in total. The molecule has 102 valence electrons. The zero-order valence-corrected chi connectivity index (χ0v) is 11.9. The fraction of sp³-hybridized carbons (Fsp3) is 0.615. The maximum atomic E-state index is 5.33. The van der Waals surface area contributed by atoms with E-state index in [4.69, 9.17) is 4.52 Å². The molecule has 0 aromatic carbocycles. The fourth-order valence-corrected chi connectivity index (χ4v) is 3.05. The Morgan fingerprint density at radius 1 is 1.47 bits per heavy atom. The summed E-state index contributed by atoms with van der Waals surface area (Å²) in [5.74, 6) is 2.13. The fourth-order valence-electron chi connectivity index (χ4n) is 2.44. The van der Waals surface area contributed by atoms with Crippen molar-refractivity contribution < 1.29 is 4.52 Å². The Morgan fingerprint density at radius 2 is 2.42 bits per heavy atom. The molecule has 0 bridgehead atoms. The van der Waals surface area contributed by atoms with Crippen molar-refractivity contribution in [2.75, 3.05) is 13.1 Å². The van der Waals surface area contributed by atoms with E-state index in [0.717, 1.165) is 41.9 Å². The van der Waals surface area contributed by atoms with Gasteiger partial charge in [0.2, 0.25) is 5.89 Å². The number of hydrogen-bond acceptors (Lipinski definition) is 6. The van der Waals surface area contributed by atoms with Gasteiger partial charge in [-0.15, -0.1) is 11.3 Å². The second kappa shape index (κ2) is 5.79. The first-order valence-corrected chi connectivity index (χ1v) is 7.61. The van der Waals surface area contributed by atoms with E-state index < -0.39 is 0 Å². The first-order chi connectivity index (χ1) is 9.29. The van der Waals surface area contributed by atoms with Gasteiger partial charge in [0.25, 0.3) is 0 Å². The smallest absolute Gasteiger partial charge is 0.226 e. The lowest BCUT2D eigenvalue weighted by Crippen LogP contribution is -2.30. The molecule has 0 saturated carbocycles. The van der Waals surface area contributed by atoms with Gasteiger partial charge in [-0.3, -0.25) is 0 Å². The SMILES string of the molecule is Cc1nc(Cc2noc(CC3CCCNC3)n2)cs1. The van der Waals surface area contributed by atoms with E-state index in [1.807, 2.05) is 6.92 Å². The van der Waals surface area contributed by atoms with Gasteiger partial charge >= 0.3 is 0 Å². The topological polar surface area (TPSA) is 63.8 Å². The highest BCUT2D eigenvalue weighted by atomic mass is 32.1. The van der Waals surface area contributed by atoms with E-state index in [1.54, 1.807) is 11.3 Å². The van der Waals surface area contributed by atoms with E-state index in [-0.39, 0.29) is 0 Å². The molecule has 0 aliphatic carbocycles. The average molecular weight is 278 g/mol. The zero-order chi connectivity index (χ0) is 13.1. The number of aryl methyl sites for hydroxylation is 1. The van der Waals surface area contributed by atoms with Crippen molar-refractivity contribution in [3.8, 4) is 0 Å². The maximum Gasteiger partial charge on any atom is 0.226 e. The van der Waals surface area contributed by atoms with Gasteiger partial charge in [0, 0.05) is 11.8 Å². The predicted octanol–water partition coefficient (Wildman–Crippen LogP) is 1.97. The lowest BCUT2D eigenvalue weighted by atomic mass is 9.96. The van der Waals surface area contributed by atoms with Crippen LogP contribution in [-0.2, 0) is 12.8 Å². The van der Waals surface area contributed by atoms with Crippen molar-refractivity contribution in [3.05, 3.63) is 27.8 Å². The largest absolute Gasteiger partial charge is 0.339 e. The Bertz CT molecular complexity index is 530. The van der Waals surface area contributed by atoms with Crippen molar-refractivity contribution >= 4 is 11.3 Å². The number of nitrogens with one attached hydrogen (secondary N) is 1. The molecule has 1 aliphatic heterocycles. The summed E-state index contributed by atoms with van der Waals surface area (Å²) in [5, 5.41) is 10.6. The maximum absolute atomic E-state index is 5.33. The summed E-state index contributed by atoms with van der Waals surface area (Å²) in [5.41, 5.74) is 1.02. The molecule has 1 unspecified atom stereocenters. The Kier molecular flexibility index (Phi) is 3.89. The molecular weight excluding hydrogens is 260 g/mol. The molecule has 3 rings (SSSR count). The molecule has 1 atom stereocenters. The molecule has 19 heavy (non-hydrogen) atoms. The first-order valence-electron chi connectivity index (χ1n) is 6.73. The van der Waals surface area contributed by atoms with Crippen LogP contribution in [0, 0.1) is 12.8 Å². The van der Waals surface area contributed by atoms with Crippen LogP contribution >= 0.6 is 11.3 Å². The second-order valence-electron chi connectivity index (χ2n) is 5.06. The number of thiazole rings is 1. The van der Waals surface area contributed by atoms with Gasteiger partial charge < -0.3 is 9.84 Å². The van der Waals surface area contributed by atoms with Crippen molar-refractivity contribution in [2.45, 2.75) is 32.6 Å². The number of hydrogen-bond donors (Lipinski definition) is 1. The lowest BCUT2D eigenvalue weighted by molar-refractivity contribution is 0.314. The van der Waals surface area contributed by atoms with E-state index in [1.165, 1.54) is 12.8 Å². The summed E-state index contributed by atoms with van der Waals surface area (Å²) >= 11 is 1.65. The molecule has 3 heterocycles. The molecule has 1 aliphatic rings. The van der Waals surface area contributed by atoms with Crippen molar-refractivity contribution in [1.82, 2.24) is 20.4 Å². The summed E-state index contributed by atoms with van der Waals surface area (Å²) in [6.07, 6.45) is 4.03. The highest BCUT2D eigenvalue weighted by Crippen LogP contribution is 2.16. The van der Waals surface area contributed by atoms with Gasteiger partial charge in [0.1, 0.15) is 0 Å². The molecule has 1 fully saturated rings. The van der Waals surface area contributed by atoms with Crippen LogP contribution in [0.5, 0.6) is 0 Å². The summed E-state index contributed by atoms with van der Waals surface area (Å²) < 4.78 is 5.33. The Morgan fingerprint density at radius 3 is 3.16 bits per heavy atom. The minimum Gasteiger partial charge on any atom is -0.339 e. The molecule has 2 aromatic rings. The molecule has 1 saturated heterocycles. The van der Waals surface area contributed by atoms with Gasteiger partial charge in [0.05, 0.1) is 17.1 Å². The molecule has 1 N–H and O–H groups in total. The van der Waals surface area contributed by atoms with Crippen LogP contribution in [-0.4, -0.2) is 28.2 Å². The van der Waals surface area contributed by atoms with Gasteiger partial charge in [-0.05, 0) is 38.8 Å². The Labute approximate surface area is 116 Å². The lowest BCUT2D eigenvalue weighted by Gasteiger charge is -2.20. The molecular formula is C13H18N4OS. The quantitative estimate of drug-likeness (QED) is 0.926. The number of piperidine rings is 1. The van der Waals surface area contributed by atoms with Crippen molar-refractivity contribution in [2.24, 2.45) is 5.92 Å². The minimum atomic E-state index is 0.628. The van der Waals surface area contributed by atoms with Crippen molar-refractivity contribution in [1.29, 1.82) is 0 Å². The van der Waals surface area contributed by atoms with Crippen LogP contribution in [0.25, 0.3) is 0 Å². The first kappa shape index (κ1) is 12.7. The highest BCUT2D eigenvalue weighted by molar-refractivity contribution is 7.09. The van der Waals surface area contributed by atoms with E-state index in [0.29, 0.717) is 12.3 Å². The number of rotatable bonds is 4. The summed E-state index contributed by atoms with van der Waals surface area (Å²) in [6, 6.07) is 0. The Balaban J connectivity index is 1.59. The number of nitrogens with zero attached hydrogens (tertiary/aromatic N) is 3. The molecule has 6 heteroatoms.